The maximum absolute atomic E-state index is 11.2. The Kier molecular flexibility index (Phi) is 4.70. The molecule has 21 heavy (non-hydrogen) atoms. The van der Waals surface area contributed by atoms with E-state index in [9.17, 15) is 10.1 Å². The normalized spacial score (nSPS) is 10.4. The topological polar surface area (TPSA) is 78.2 Å². The largest absolute Gasteiger partial charge is 0.431 e. The lowest BCUT2D eigenvalue weighted by molar-refractivity contribution is -0.385. The highest BCUT2D eigenvalue weighted by molar-refractivity contribution is 6.30. The first-order valence-corrected chi connectivity index (χ1v) is 6.89. The van der Waals surface area contributed by atoms with Crippen LogP contribution in [-0.4, -0.2) is 14.9 Å². The highest BCUT2D eigenvalue weighted by Crippen LogP contribution is 2.34. The monoisotopic (exact) mass is 307 g/mol. The van der Waals surface area contributed by atoms with Crippen LogP contribution in [0.2, 0.25) is 5.15 Å². The number of nitro benzene ring substituents is 1. The fourth-order valence-corrected chi connectivity index (χ4v) is 2.14. The predicted molar refractivity (Wildman–Crippen MR) is 79.0 cm³/mol. The third-order valence-electron chi connectivity index (χ3n) is 3.04. The van der Waals surface area contributed by atoms with Crippen molar-refractivity contribution in [2.24, 2.45) is 0 Å². The molecule has 0 bridgehead atoms. The minimum atomic E-state index is -0.469. The van der Waals surface area contributed by atoms with E-state index in [1.165, 1.54) is 12.4 Å². The van der Waals surface area contributed by atoms with E-state index in [2.05, 4.69) is 9.97 Å². The van der Waals surface area contributed by atoms with Gasteiger partial charge < -0.3 is 4.74 Å². The molecule has 0 fully saturated rings. The Balaban J connectivity index is 2.44. The fourth-order valence-electron chi connectivity index (χ4n) is 1.88. The lowest BCUT2D eigenvalue weighted by Gasteiger charge is -2.10. The van der Waals surface area contributed by atoms with Crippen LogP contribution in [0.3, 0.4) is 0 Å². The van der Waals surface area contributed by atoms with Crippen molar-refractivity contribution in [1.82, 2.24) is 9.97 Å². The molecule has 6 nitrogen and oxygen atoms in total. The third-order valence-corrected chi connectivity index (χ3v) is 3.37. The lowest BCUT2D eigenvalue weighted by atomic mass is 10.1. The summed E-state index contributed by atoms with van der Waals surface area (Å²) < 4.78 is 5.60. The minimum Gasteiger partial charge on any atom is -0.431 e. The highest BCUT2D eigenvalue weighted by Gasteiger charge is 2.19. The average molecular weight is 308 g/mol. The highest BCUT2D eigenvalue weighted by atomic mass is 35.5. The van der Waals surface area contributed by atoms with Gasteiger partial charge in [-0.1, -0.05) is 31.5 Å². The molecule has 0 unspecified atom stereocenters. The van der Waals surface area contributed by atoms with E-state index in [-0.39, 0.29) is 22.5 Å². The number of ether oxygens (including phenoxy) is 1. The van der Waals surface area contributed by atoms with Gasteiger partial charge in [-0.2, -0.15) is 0 Å². The summed E-state index contributed by atoms with van der Waals surface area (Å²) in [7, 11) is 0. The van der Waals surface area contributed by atoms with Gasteiger partial charge in [0.25, 0.3) is 0 Å². The molecular weight excluding hydrogens is 294 g/mol. The third kappa shape index (κ3) is 3.28. The Morgan fingerprint density at radius 3 is 2.67 bits per heavy atom. The van der Waals surface area contributed by atoms with Crippen molar-refractivity contribution in [1.29, 1.82) is 0 Å². The molecule has 2 rings (SSSR count). The van der Waals surface area contributed by atoms with E-state index >= 15 is 0 Å². The molecular formula is C14H14ClN3O3. The summed E-state index contributed by atoms with van der Waals surface area (Å²) in [5.41, 5.74) is 1.39. The number of benzene rings is 1. The number of aryl methyl sites for hydroxylation is 1. The van der Waals surface area contributed by atoms with Crippen molar-refractivity contribution in [3.63, 3.8) is 0 Å². The molecule has 0 spiro atoms. The van der Waals surface area contributed by atoms with Gasteiger partial charge in [0, 0.05) is 6.07 Å². The van der Waals surface area contributed by atoms with Crippen molar-refractivity contribution < 1.29 is 9.66 Å². The van der Waals surface area contributed by atoms with Gasteiger partial charge in [-0.3, -0.25) is 10.1 Å². The summed E-state index contributed by atoms with van der Waals surface area (Å²) in [4.78, 5) is 18.6. The van der Waals surface area contributed by atoms with Gasteiger partial charge in [0.1, 0.15) is 11.5 Å². The number of hydrogen-bond acceptors (Lipinski definition) is 5. The van der Waals surface area contributed by atoms with E-state index < -0.39 is 4.92 Å². The molecule has 0 saturated heterocycles. The Labute approximate surface area is 126 Å². The number of aromatic nitrogens is 2. The molecule has 2 aromatic rings. The summed E-state index contributed by atoms with van der Waals surface area (Å²) >= 11 is 5.98. The SMILES string of the molecule is CCc1ccc(Oc2ncnc(Cl)c2CC)c([N+](=O)[O-])c1. The van der Waals surface area contributed by atoms with Crippen molar-refractivity contribution >= 4 is 17.3 Å². The maximum Gasteiger partial charge on any atom is 0.311 e. The van der Waals surface area contributed by atoms with Crippen LogP contribution in [0.4, 0.5) is 5.69 Å². The summed E-state index contributed by atoms with van der Waals surface area (Å²) in [5, 5.41) is 11.5. The van der Waals surface area contributed by atoms with Gasteiger partial charge in [-0.15, -0.1) is 0 Å². The molecule has 0 saturated carbocycles. The second kappa shape index (κ2) is 6.49. The molecule has 1 aromatic heterocycles. The first kappa shape index (κ1) is 15.2. The van der Waals surface area contributed by atoms with Crippen LogP contribution < -0.4 is 4.74 Å². The molecule has 0 N–H and O–H groups in total. The molecule has 0 aliphatic rings. The predicted octanol–water partition coefficient (Wildman–Crippen LogP) is 3.96. The van der Waals surface area contributed by atoms with Gasteiger partial charge in [0.15, 0.2) is 0 Å². The van der Waals surface area contributed by atoms with E-state index in [1.54, 1.807) is 12.1 Å². The van der Waals surface area contributed by atoms with Crippen molar-refractivity contribution in [2.45, 2.75) is 26.7 Å². The molecule has 1 heterocycles. The van der Waals surface area contributed by atoms with Crippen LogP contribution in [0.1, 0.15) is 25.0 Å². The molecule has 0 radical (unpaired) electrons. The van der Waals surface area contributed by atoms with Gasteiger partial charge in [-0.25, -0.2) is 9.97 Å². The van der Waals surface area contributed by atoms with E-state index in [0.717, 1.165) is 5.56 Å². The number of hydrogen-bond donors (Lipinski definition) is 0. The number of nitrogens with zero attached hydrogens (tertiary/aromatic N) is 3. The number of nitro groups is 1. The van der Waals surface area contributed by atoms with Crippen LogP contribution in [0, 0.1) is 10.1 Å². The smallest absolute Gasteiger partial charge is 0.311 e. The first-order chi connectivity index (χ1) is 10.1. The van der Waals surface area contributed by atoms with Crippen molar-refractivity contribution in [3.05, 3.63) is 50.9 Å². The zero-order chi connectivity index (χ0) is 15.4. The zero-order valence-electron chi connectivity index (χ0n) is 11.7. The molecule has 1 aromatic carbocycles. The minimum absolute atomic E-state index is 0.0915. The molecule has 0 aliphatic carbocycles. The summed E-state index contributed by atoms with van der Waals surface area (Å²) in [6.07, 6.45) is 2.54. The Hall–Kier alpha value is -2.21. The van der Waals surface area contributed by atoms with Gasteiger partial charge >= 0.3 is 5.69 Å². The van der Waals surface area contributed by atoms with Crippen LogP contribution in [0.15, 0.2) is 24.5 Å². The van der Waals surface area contributed by atoms with Crippen molar-refractivity contribution in [3.8, 4) is 11.6 Å². The summed E-state index contributed by atoms with van der Waals surface area (Å²) in [6.45, 7) is 3.81. The standard InChI is InChI=1S/C14H14ClN3O3/c1-3-9-5-6-12(11(7-9)18(19)20)21-14-10(4-2)13(15)16-8-17-14/h5-8H,3-4H2,1-2H3. The zero-order valence-corrected chi connectivity index (χ0v) is 12.4. The van der Waals surface area contributed by atoms with Gasteiger partial charge in [-0.05, 0) is 24.5 Å². The Morgan fingerprint density at radius 2 is 2.05 bits per heavy atom. The van der Waals surface area contributed by atoms with Crippen LogP contribution in [-0.2, 0) is 12.8 Å². The quantitative estimate of drug-likeness (QED) is 0.474. The van der Waals surface area contributed by atoms with Crippen LogP contribution in [0.5, 0.6) is 11.6 Å². The van der Waals surface area contributed by atoms with Gasteiger partial charge in [0.05, 0.1) is 10.5 Å². The molecule has 7 heteroatoms. The fraction of sp³-hybridized carbons (Fsp3) is 0.286. The van der Waals surface area contributed by atoms with Crippen LogP contribution >= 0.6 is 11.6 Å². The van der Waals surface area contributed by atoms with E-state index in [1.807, 2.05) is 13.8 Å². The number of rotatable bonds is 5. The molecule has 0 amide bonds. The lowest BCUT2D eigenvalue weighted by Crippen LogP contribution is -2.00. The summed E-state index contributed by atoms with van der Waals surface area (Å²) in [5.74, 6) is 0.381. The first-order valence-electron chi connectivity index (χ1n) is 6.51. The van der Waals surface area contributed by atoms with E-state index in [4.69, 9.17) is 16.3 Å². The summed E-state index contributed by atoms with van der Waals surface area (Å²) in [6, 6.07) is 4.87. The second-order valence-electron chi connectivity index (χ2n) is 4.32. The van der Waals surface area contributed by atoms with Gasteiger partial charge in [0.2, 0.25) is 11.6 Å². The van der Waals surface area contributed by atoms with Crippen molar-refractivity contribution in [2.75, 3.05) is 0 Å². The molecule has 0 aliphatic heterocycles. The second-order valence-corrected chi connectivity index (χ2v) is 4.67. The number of halogens is 1. The Morgan fingerprint density at radius 1 is 1.29 bits per heavy atom. The molecule has 110 valence electrons. The average Bonchev–Trinajstić information content (AvgIpc) is 2.47. The van der Waals surface area contributed by atoms with E-state index in [0.29, 0.717) is 18.4 Å². The Bertz CT molecular complexity index is 677. The van der Waals surface area contributed by atoms with Crippen LogP contribution in [0.25, 0.3) is 0 Å². The molecule has 0 atom stereocenters. The maximum atomic E-state index is 11.2.